The van der Waals surface area contributed by atoms with Gasteiger partial charge in [-0.1, -0.05) is 24.3 Å². The summed E-state index contributed by atoms with van der Waals surface area (Å²) >= 11 is 0. The number of nitrogens with two attached hydrogens (primary N) is 1. The van der Waals surface area contributed by atoms with Crippen LogP contribution in [-0.4, -0.2) is 4.98 Å². The number of nitrogens with zero attached hydrogens (tertiary/aromatic N) is 1. The molecule has 0 radical (unpaired) electrons. The zero-order valence-corrected chi connectivity index (χ0v) is 12.2. The number of hydrogen-bond donors (Lipinski definition) is 1. The van der Waals surface area contributed by atoms with E-state index < -0.39 is 17.6 Å². The molecule has 3 atom stereocenters. The van der Waals surface area contributed by atoms with Crippen molar-refractivity contribution in [2.75, 3.05) is 5.73 Å². The second-order valence-electron chi connectivity index (χ2n) is 6.33. The number of alkyl halides is 3. The minimum atomic E-state index is -4.55. The molecule has 4 rings (SSSR count). The van der Waals surface area contributed by atoms with Crippen molar-refractivity contribution in [1.29, 1.82) is 0 Å². The van der Waals surface area contributed by atoms with E-state index >= 15 is 0 Å². The third kappa shape index (κ3) is 2.16. The van der Waals surface area contributed by atoms with E-state index in [1.807, 2.05) is 18.2 Å². The molecule has 2 N–H and O–H groups in total. The molecule has 2 bridgehead atoms. The smallest absolute Gasteiger partial charge is 0.420 e. The normalized spacial score (nSPS) is 31.2. The second kappa shape index (κ2) is 4.63. The molecule has 1 aromatic rings. The number of pyridine rings is 1. The fraction of sp³-hybridized carbons (Fsp3) is 0.353. The van der Waals surface area contributed by atoms with E-state index in [0.29, 0.717) is 11.8 Å². The van der Waals surface area contributed by atoms with E-state index in [9.17, 15) is 13.2 Å². The summed E-state index contributed by atoms with van der Waals surface area (Å²) in [5, 5.41) is 0. The van der Waals surface area contributed by atoms with Crippen LogP contribution in [0, 0.1) is 17.3 Å². The molecule has 23 heavy (non-hydrogen) atoms. The number of ether oxygens (including phenoxy) is 1. The van der Waals surface area contributed by atoms with Gasteiger partial charge in [-0.15, -0.1) is 0 Å². The van der Waals surface area contributed by atoms with Crippen molar-refractivity contribution in [3.05, 3.63) is 54.0 Å². The average molecular weight is 320 g/mol. The highest BCUT2D eigenvalue weighted by atomic mass is 19.4. The zero-order valence-electron chi connectivity index (χ0n) is 12.2. The Hall–Kier alpha value is -2.24. The zero-order chi connectivity index (χ0) is 16.2. The molecule has 3 aliphatic carbocycles. The van der Waals surface area contributed by atoms with Gasteiger partial charge in [-0.3, -0.25) is 0 Å². The fourth-order valence-electron chi connectivity index (χ4n) is 3.93. The summed E-state index contributed by atoms with van der Waals surface area (Å²) in [6.07, 6.45) is 8.97. The Morgan fingerprint density at radius 2 is 2.13 bits per heavy atom. The van der Waals surface area contributed by atoms with Crippen LogP contribution in [0.25, 0.3) is 0 Å². The number of fused-ring (bicyclic) bond motifs is 1. The molecule has 0 amide bonds. The lowest BCUT2D eigenvalue weighted by atomic mass is 9.74. The molecular weight excluding hydrogens is 305 g/mol. The topological polar surface area (TPSA) is 48.1 Å². The first-order valence-electron chi connectivity index (χ1n) is 7.47. The lowest BCUT2D eigenvalue weighted by molar-refractivity contribution is -0.137. The van der Waals surface area contributed by atoms with Crippen LogP contribution >= 0.6 is 0 Å². The molecule has 3 unspecified atom stereocenters. The van der Waals surface area contributed by atoms with Crippen LogP contribution in [-0.2, 0) is 6.18 Å². The number of nitrogen functional groups attached to an aromatic ring is 1. The average Bonchev–Trinajstić information content (AvgIpc) is 3.01. The predicted molar refractivity (Wildman–Crippen MR) is 79.3 cm³/mol. The Labute approximate surface area is 131 Å². The van der Waals surface area contributed by atoms with Crippen LogP contribution < -0.4 is 10.5 Å². The highest BCUT2D eigenvalue weighted by Crippen LogP contribution is 2.60. The van der Waals surface area contributed by atoms with E-state index in [0.717, 1.165) is 24.7 Å². The van der Waals surface area contributed by atoms with Crippen molar-refractivity contribution in [1.82, 2.24) is 4.98 Å². The van der Waals surface area contributed by atoms with Gasteiger partial charge in [-0.05, 0) is 36.8 Å². The third-order valence-corrected chi connectivity index (χ3v) is 4.94. The molecule has 1 spiro atoms. The second-order valence-corrected chi connectivity index (χ2v) is 6.33. The van der Waals surface area contributed by atoms with Crippen molar-refractivity contribution in [3.8, 4) is 5.75 Å². The van der Waals surface area contributed by atoms with Gasteiger partial charge in [0.15, 0.2) is 0 Å². The van der Waals surface area contributed by atoms with Gasteiger partial charge in [-0.2, -0.15) is 13.2 Å². The summed E-state index contributed by atoms with van der Waals surface area (Å²) in [6, 6.07) is 0.920. The van der Waals surface area contributed by atoms with Crippen LogP contribution in [0.5, 0.6) is 5.75 Å². The maximum atomic E-state index is 12.9. The molecule has 3 nitrogen and oxygen atoms in total. The number of aromatic nitrogens is 1. The summed E-state index contributed by atoms with van der Waals surface area (Å²) in [7, 11) is 0. The van der Waals surface area contributed by atoms with Gasteiger partial charge in [-0.25, -0.2) is 4.98 Å². The molecule has 0 aromatic carbocycles. The van der Waals surface area contributed by atoms with Crippen LogP contribution in [0.3, 0.4) is 0 Å². The first-order chi connectivity index (χ1) is 10.9. The lowest BCUT2D eigenvalue weighted by Gasteiger charge is -2.34. The molecule has 0 saturated heterocycles. The summed E-state index contributed by atoms with van der Waals surface area (Å²) in [5.74, 6) is 1.01. The van der Waals surface area contributed by atoms with Crippen LogP contribution in [0.1, 0.15) is 18.4 Å². The molecule has 1 aromatic heterocycles. The molecule has 120 valence electrons. The van der Waals surface area contributed by atoms with Gasteiger partial charge in [0.25, 0.3) is 0 Å². The third-order valence-electron chi connectivity index (χ3n) is 4.94. The number of halogens is 3. The quantitative estimate of drug-likeness (QED) is 0.892. The van der Waals surface area contributed by atoms with Gasteiger partial charge in [0.05, 0.1) is 11.6 Å². The molecule has 0 aliphatic heterocycles. The predicted octanol–water partition coefficient (Wildman–Crippen LogP) is 4.10. The monoisotopic (exact) mass is 320 g/mol. The Morgan fingerprint density at radius 1 is 1.30 bits per heavy atom. The van der Waals surface area contributed by atoms with Crippen LogP contribution in [0.15, 0.2) is 48.4 Å². The Kier molecular flexibility index (Phi) is 2.89. The van der Waals surface area contributed by atoms with E-state index in [2.05, 4.69) is 17.1 Å². The fourth-order valence-corrected chi connectivity index (χ4v) is 3.93. The van der Waals surface area contributed by atoms with Crippen LogP contribution in [0.4, 0.5) is 19.0 Å². The first-order valence-corrected chi connectivity index (χ1v) is 7.47. The van der Waals surface area contributed by atoms with Crippen molar-refractivity contribution in [3.63, 3.8) is 0 Å². The number of anilines is 1. The van der Waals surface area contributed by atoms with E-state index in [-0.39, 0.29) is 11.2 Å². The number of rotatable bonds is 2. The van der Waals surface area contributed by atoms with Gasteiger partial charge in [0, 0.05) is 0 Å². The van der Waals surface area contributed by atoms with Gasteiger partial charge < -0.3 is 10.5 Å². The largest absolute Gasteiger partial charge is 0.459 e. The summed E-state index contributed by atoms with van der Waals surface area (Å²) in [6.45, 7) is 0. The van der Waals surface area contributed by atoms with E-state index in [1.54, 1.807) is 0 Å². The van der Waals surface area contributed by atoms with Crippen molar-refractivity contribution in [2.24, 2.45) is 17.3 Å². The van der Waals surface area contributed by atoms with Crippen LogP contribution in [0.2, 0.25) is 0 Å². The Bertz CT molecular complexity index is 751. The molecule has 6 heteroatoms. The number of hydrogen-bond acceptors (Lipinski definition) is 3. The maximum absolute atomic E-state index is 12.9. The first kappa shape index (κ1) is 14.4. The van der Waals surface area contributed by atoms with E-state index in [4.69, 9.17) is 10.5 Å². The minimum absolute atomic E-state index is 0.0707. The summed E-state index contributed by atoms with van der Waals surface area (Å²) in [4.78, 5) is 3.62. The van der Waals surface area contributed by atoms with Crippen molar-refractivity contribution < 1.29 is 17.9 Å². The highest BCUT2D eigenvalue weighted by molar-refractivity contribution is 5.46. The lowest BCUT2D eigenvalue weighted by Crippen LogP contribution is -2.28. The molecule has 1 heterocycles. The Balaban J connectivity index is 1.66. The van der Waals surface area contributed by atoms with Gasteiger partial charge in [0.2, 0.25) is 0 Å². The maximum Gasteiger partial charge on any atom is 0.420 e. The summed E-state index contributed by atoms with van der Waals surface area (Å²) in [5.41, 5.74) is 4.14. The minimum Gasteiger partial charge on any atom is -0.459 e. The highest BCUT2D eigenvalue weighted by Gasteiger charge is 2.53. The summed E-state index contributed by atoms with van der Waals surface area (Å²) < 4.78 is 44.7. The van der Waals surface area contributed by atoms with Crippen molar-refractivity contribution >= 4 is 5.82 Å². The number of allylic oxidation sites excluding steroid dienone is 5. The SMILES string of the molecule is Nc1ncc(OC2=CC3CC4C=CC=CC24C3)cc1C(F)(F)F. The van der Waals surface area contributed by atoms with Gasteiger partial charge >= 0.3 is 6.18 Å². The Morgan fingerprint density at radius 3 is 2.91 bits per heavy atom. The molecule has 1 fully saturated rings. The van der Waals surface area contributed by atoms with E-state index in [1.165, 1.54) is 6.20 Å². The standard InChI is InChI=1S/C17H15F3N2O/c18-17(19,20)13-7-12(9-22-15(13)21)23-14-6-10-5-11-3-1-2-4-16(11,14)8-10/h1-4,6-7,9-11H,5,8H2,(H2,21,22). The van der Waals surface area contributed by atoms with Crippen molar-refractivity contribution in [2.45, 2.75) is 19.0 Å². The molecular formula is C17H15F3N2O. The molecule has 3 aliphatic rings. The van der Waals surface area contributed by atoms with Gasteiger partial charge in [0.1, 0.15) is 22.9 Å². The molecule has 1 saturated carbocycles.